The van der Waals surface area contributed by atoms with Crippen molar-refractivity contribution in [2.24, 2.45) is 0 Å². The summed E-state index contributed by atoms with van der Waals surface area (Å²) in [5.41, 5.74) is 1.37. The Morgan fingerprint density at radius 3 is 1.50 bits per heavy atom. The van der Waals surface area contributed by atoms with Crippen molar-refractivity contribution in [1.29, 1.82) is 0 Å². The quantitative estimate of drug-likeness (QED) is 0.402. The van der Waals surface area contributed by atoms with Crippen LogP contribution in [0.5, 0.6) is 0 Å². The van der Waals surface area contributed by atoms with Gasteiger partial charge in [-0.1, -0.05) is 48.5 Å². The highest BCUT2D eigenvalue weighted by molar-refractivity contribution is 7.29. The number of benzene rings is 3. The molecular formula is C15H13P. The molecule has 1 heteroatoms. The van der Waals surface area contributed by atoms with Crippen molar-refractivity contribution in [3.63, 3.8) is 0 Å². The van der Waals surface area contributed by atoms with Gasteiger partial charge in [-0.25, -0.2) is 0 Å². The van der Waals surface area contributed by atoms with Gasteiger partial charge in [-0.15, -0.1) is 9.24 Å². The molecule has 0 radical (unpaired) electrons. The van der Waals surface area contributed by atoms with Crippen LogP contribution in [0.2, 0.25) is 0 Å². The summed E-state index contributed by atoms with van der Waals surface area (Å²) in [5.74, 6) is 0. The van der Waals surface area contributed by atoms with Crippen molar-refractivity contribution in [3.8, 4) is 0 Å². The molecule has 0 N–H and O–H groups in total. The van der Waals surface area contributed by atoms with Crippen LogP contribution in [0, 0.1) is 6.92 Å². The SMILES string of the molecule is Cc1c2ccccc2c(P)c2ccccc12. The normalized spacial score (nSPS) is 11.1. The molecule has 0 spiro atoms. The van der Waals surface area contributed by atoms with E-state index in [1.165, 1.54) is 32.4 Å². The van der Waals surface area contributed by atoms with E-state index in [-0.39, 0.29) is 0 Å². The maximum atomic E-state index is 2.88. The first-order valence-corrected chi connectivity index (χ1v) is 6.02. The molecule has 0 fully saturated rings. The number of hydrogen-bond donors (Lipinski definition) is 0. The molecule has 0 aliphatic carbocycles. The van der Waals surface area contributed by atoms with Gasteiger partial charge in [0.15, 0.2) is 0 Å². The minimum atomic E-state index is 1.30. The molecule has 0 nitrogen and oxygen atoms in total. The van der Waals surface area contributed by atoms with E-state index >= 15 is 0 Å². The summed E-state index contributed by atoms with van der Waals surface area (Å²) < 4.78 is 0. The van der Waals surface area contributed by atoms with E-state index in [0.717, 1.165) is 0 Å². The molecule has 3 aromatic carbocycles. The smallest absolute Gasteiger partial charge is 0.0103 e. The second kappa shape index (κ2) is 3.57. The second-order valence-corrected chi connectivity index (χ2v) is 4.71. The number of rotatable bonds is 0. The third kappa shape index (κ3) is 1.27. The van der Waals surface area contributed by atoms with E-state index in [9.17, 15) is 0 Å². The zero-order chi connectivity index (χ0) is 11.1. The average Bonchev–Trinajstić information content (AvgIpc) is 2.36. The molecule has 0 aromatic heterocycles. The molecule has 3 aromatic rings. The topological polar surface area (TPSA) is 0 Å². The van der Waals surface area contributed by atoms with Crippen molar-refractivity contribution in [1.82, 2.24) is 0 Å². The van der Waals surface area contributed by atoms with E-state index < -0.39 is 0 Å². The van der Waals surface area contributed by atoms with Gasteiger partial charge in [0, 0.05) is 0 Å². The van der Waals surface area contributed by atoms with Crippen molar-refractivity contribution >= 4 is 36.1 Å². The van der Waals surface area contributed by atoms with Gasteiger partial charge in [-0.05, 0) is 39.3 Å². The maximum Gasteiger partial charge on any atom is -0.0103 e. The van der Waals surface area contributed by atoms with Crippen LogP contribution < -0.4 is 5.30 Å². The molecular weight excluding hydrogens is 211 g/mol. The first-order valence-electron chi connectivity index (χ1n) is 5.44. The Bertz CT molecular complexity index is 566. The lowest BCUT2D eigenvalue weighted by Gasteiger charge is -2.11. The minimum Gasteiger partial charge on any atom is -0.104 e. The average molecular weight is 224 g/mol. The Morgan fingerprint density at radius 2 is 1.06 bits per heavy atom. The van der Waals surface area contributed by atoms with Crippen LogP contribution in [0.15, 0.2) is 48.5 Å². The second-order valence-electron chi connectivity index (χ2n) is 4.13. The highest BCUT2D eigenvalue weighted by Crippen LogP contribution is 2.27. The molecule has 0 amide bonds. The van der Waals surface area contributed by atoms with Gasteiger partial charge in [0.25, 0.3) is 0 Å². The molecule has 0 saturated carbocycles. The van der Waals surface area contributed by atoms with Crippen LogP contribution in [-0.2, 0) is 0 Å². The Morgan fingerprint density at radius 1 is 0.688 bits per heavy atom. The summed E-state index contributed by atoms with van der Waals surface area (Å²) >= 11 is 0. The maximum absolute atomic E-state index is 2.88. The Labute approximate surface area is 97.5 Å². The fraction of sp³-hybridized carbons (Fsp3) is 0.0667. The van der Waals surface area contributed by atoms with Crippen LogP contribution >= 0.6 is 9.24 Å². The lowest BCUT2D eigenvalue weighted by Crippen LogP contribution is -1.98. The number of hydrogen-bond acceptors (Lipinski definition) is 0. The highest BCUT2D eigenvalue weighted by atomic mass is 31.0. The van der Waals surface area contributed by atoms with Crippen LogP contribution in [0.3, 0.4) is 0 Å². The van der Waals surface area contributed by atoms with Crippen LogP contribution in [0.25, 0.3) is 21.5 Å². The van der Waals surface area contributed by atoms with E-state index in [4.69, 9.17) is 0 Å². The molecule has 0 aliphatic rings. The lowest BCUT2D eigenvalue weighted by atomic mass is 9.98. The summed E-state index contributed by atoms with van der Waals surface area (Å²) in [6.07, 6.45) is 0. The summed E-state index contributed by atoms with van der Waals surface area (Å²) in [7, 11) is 2.88. The molecule has 3 rings (SSSR count). The molecule has 0 bridgehead atoms. The van der Waals surface area contributed by atoms with Crippen molar-refractivity contribution < 1.29 is 0 Å². The van der Waals surface area contributed by atoms with Crippen molar-refractivity contribution in [3.05, 3.63) is 54.1 Å². The highest BCUT2D eigenvalue weighted by Gasteiger charge is 2.06. The molecule has 78 valence electrons. The Hall–Kier alpha value is -1.39. The first-order chi connectivity index (χ1) is 7.79. The monoisotopic (exact) mass is 224 g/mol. The van der Waals surface area contributed by atoms with Crippen LogP contribution in [0.1, 0.15) is 5.56 Å². The minimum absolute atomic E-state index is 1.30. The van der Waals surface area contributed by atoms with Gasteiger partial charge in [-0.2, -0.15) is 0 Å². The lowest BCUT2D eigenvalue weighted by molar-refractivity contribution is 1.59. The third-order valence-corrected chi connectivity index (χ3v) is 3.86. The van der Waals surface area contributed by atoms with E-state index in [1.54, 1.807) is 0 Å². The van der Waals surface area contributed by atoms with Gasteiger partial charge < -0.3 is 0 Å². The number of aryl methyl sites for hydroxylation is 1. The fourth-order valence-electron chi connectivity index (χ4n) is 2.38. The van der Waals surface area contributed by atoms with E-state index in [2.05, 4.69) is 64.7 Å². The van der Waals surface area contributed by atoms with Gasteiger partial charge >= 0.3 is 0 Å². The van der Waals surface area contributed by atoms with E-state index in [1.807, 2.05) is 0 Å². The van der Waals surface area contributed by atoms with Gasteiger partial charge in [0.2, 0.25) is 0 Å². The van der Waals surface area contributed by atoms with Crippen LogP contribution in [-0.4, -0.2) is 0 Å². The Balaban J connectivity index is 2.67. The zero-order valence-corrected chi connectivity index (χ0v) is 10.4. The predicted molar refractivity (Wildman–Crippen MR) is 75.5 cm³/mol. The summed E-state index contributed by atoms with van der Waals surface area (Å²) in [6.45, 7) is 2.20. The van der Waals surface area contributed by atoms with Gasteiger partial charge in [-0.3, -0.25) is 0 Å². The third-order valence-electron chi connectivity index (χ3n) is 3.24. The standard InChI is InChI=1S/C15H13P/c1-10-11-6-2-4-8-13(11)15(16)14-9-5-3-7-12(10)14/h2-9H,16H2,1H3. The molecule has 1 unspecified atom stereocenters. The summed E-state index contributed by atoms with van der Waals surface area (Å²) in [6, 6.07) is 17.2. The molecule has 0 heterocycles. The first kappa shape index (κ1) is 9.81. The largest absolute Gasteiger partial charge is 0.104 e. The van der Waals surface area contributed by atoms with Crippen molar-refractivity contribution in [2.45, 2.75) is 6.92 Å². The predicted octanol–water partition coefficient (Wildman–Crippen LogP) is 3.80. The molecule has 0 aliphatic heterocycles. The fourth-order valence-corrected chi connectivity index (χ4v) is 2.88. The summed E-state index contributed by atoms with van der Waals surface area (Å²) in [4.78, 5) is 0. The summed E-state index contributed by atoms with van der Waals surface area (Å²) in [5, 5.41) is 6.68. The molecule has 0 saturated heterocycles. The molecule has 16 heavy (non-hydrogen) atoms. The molecule has 1 atom stereocenters. The van der Waals surface area contributed by atoms with Gasteiger partial charge in [0.05, 0.1) is 0 Å². The zero-order valence-electron chi connectivity index (χ0n) is 9.20. The number of fused-ring (bicyclic) bond motifs is 2. The van der Waals surface area contributed by atoms with E-state index in [0.29, 0.717) is 0 Å². The van der Waals surface area contributed by atoms with Gasteiger partial charge in [0.1, 0.15) is 0 Å². The van der Waals surface area contributed by atoms with Crippen LogP contribution in [0.4, 0.5) is 0 Å². The Kier molecular flexibility index (Phi) is 2.19. The van der Waals surface area contributed by atoms with Crippen molar-refractivity contribution in [2.75, 3.05) is 0 Å².